The van der Waals surface area contributed by atoms with Gasteiger partial charge in [0, 0.05) is 12.4 Å². The molecule has 2 aromatic rings. The normalized spacial score (nSPS) is 12.5. The van der Waals surface area contributed by atoms with Gasteiger partial charge in [-0.2, -0.15) is 0 Å². The molecule has 0 aliphatic carbocycles. The second-order valence-corrected chi connectivity index (χ2v) is 7.32. The van der Waals surface area contributed by atoms with Crippen LogP contribution in [-0.2, 0) is 6.54 Å². The molecular formula is C19H29IN4OS. The Kier molecular flexibility index (Phi) is 9.93. The number of ether oxygens (including phenoxy) is 1. The van der Waals surface area contributed by atoms with Crippen LogP contribution in [0.25, 0.3) is 0 Å². The van der Waals surface area contributed by atoms with Crippen molar-refractivity contribution in [3.63, 3.8) is 0 Å². The molecule has 1 heterocycles. The predicted molar refractivity (Wildman–Crippen MR) is 121 cm³/mol. The summed E-state index contributed by atoms with van der Waals surface area (Å²) in [6.45, 7) is 9.75. The minimum atomic E-state index is 0. The number of benzene rings is 1. The summed E-state index contributed by atoms with van der Waals surface area (Å²) in [6, 6.07) is 8.08. The number of aromatic nitrogens is 1. The van der Waals surface area contributed by atoms with E-state index in [1.807, 2.05) is 25.1 Å². The molecule has 7 heteroatoms. The molecule has 1 atom stereocenters. The van der Waals surface area contributed by atoms with Gasteiger partial charge < -0.3 is 15.4 Å². The molecule has 0 saturated carbocycles. The van der Waals surface area contributed by atoms with E-state index in [4.69, 9.17) is 4.74 Å². The van der Waals surface area contributed by atoms with Gasteiger partial charge in [0.2, 0.25) is 0 Å². The van der Waals surface area contributed by atoms with E-state index < -0.39 is 0 Å². The Morgan fingerprint density at radius 3 is 2.65 bits per heavy atom. The Balaban J connectivity index is 0.00000338. The first-order valence-corrected chi connectivity index (χ1v) is 9.48. The average molecular weight is 488 g/mol. The highest BCUT2D eigenvalue weighted by atomic mass is 127. The van der Waals surface area contributed by atoms with Crippen molar-refractivity contribution < 1.29 is 4.74 Å². The average Bonchev–Trinajstić information content (AvgIpc) is 3.04. The third kappa shape index (κ3) is 7.49. The highest BCUT2D eigenvalue weighted by Gasteiger charge is 2.08. The number of thiazole rings is 1. The van der Waals surface area contributed by atoms with E-state index in [0.29, 0.717) is 19.0 Å². The first-order chi connectivity index (χ1) is 12.0. The molecule has 5 nitrogen and oxygen atoms in total. The first kappa shape index (κ1) is 22.7. The Labute approximate surface area is 177 Å². The minimum absolute atomic E-state index is 0. The third-order valence-corrected chi connectivity index (χ3v) is 4.54. The van der Waals surface area contributed by atoms with Gasteiger partial charge in [-0.3, -0.25) is 4.99 Å². The Morgan fingerprint density at radius 2 is 2.04 bits per heavy atom. The van der Waals surface area contributed by atoms with Gasteiger partial charge in [0.25, 0.3) is 0 Å². The number of rotatable bonds is 7. The monoisotopic (exact) mass is 488 g/mol. The molecule has 0 saturated heterocycles. The molecule has 0 bridgehead atoms. The molecule has 0 radical (unpaired) electrons. The summed E-state index contributed by atoms with van der Waals surface area (Å²) in [7, 11) is 1.77. The molecule has 2 N–H and O–H groups in total. The topological polar surface area (TPSA) is 58.5 Å². The molecule has 1 unspecified atom stereocenters. The highest BCUT2D eigenvalue weighted by molar-refractivity contribution is 14.0. The first-order valence-electron chi connectivity index (χ1n) is 8.60. The van der Waals surface area contributed by atoms with Crippen LogP contribution in [0, 0.1) is 6.92 Å². The van der Waals surface area contributed by atoms with Gasteiger partial charge in [-0.05, 0) is 37.5 Å². The second-order valence-electron chi connectivity index (χ2n) is 6.37. The predicted octanol–water partition coefficient (Wildman–Crippen LogP) is 4.33. The summed E-state index contributed by atoms with van der Waals surface area (Å²) in [5.74, 6) is 2.10. The Morgan fingerprint density at radius 1 is 1.27 bits per heavy atom. The molecule has 1 aromatic carbocycles. The molecule has 0 spiro atoms. The fraction of sp³-hybridized carbons (Fsp3) is 0.474. The summed E-state index contributed by atoms with van der Waals surface area (Å²) < 4.78 is 5.93. The lowest BCUT2D eigenvalue weighted by molar-refractivity contribution is 0.223. The van der Waals surface area contributed by atoms with Gasteiger partial charge in [-0.25, -0.2) is 4.98 Å². The van der Waals surface area contributed by atoms with Crippen molar-refractivity contribution in [2.24, 2.45) is 4.99 Å². The van der Waals surface area contributed by atoms with Gasteiger partial charge in [0.15, 0.2) is 5.96 Å². The van der Waals surface area contributed by atoms with Gasteiger partial charge in [0.05, 0.1) is 18.8 Å². The van der Waals surface area contributed by atoms with E-state index in [1.165, 1.54) is 5.56 Å². The molecule has 0 fully saturated rings. The Bertz CT molecular complexity index is 702. The van der Waals surface area contributed by atoms with E-state index in [1.54, 1.807) is 18.4 Å². The molecule has 1 aromatic heterocycles. The highest BCUT2D eigenvalue weighted by Crippen LogP contribution is 2.17. The van der Waals surface area contributed by atoms with Crippen molar-refractivity contribution in [2.75, 3.05) is 13.6 Å². The minimum Gasteiger partial charge on any atom is -0.489 e. The van der Waals surface area contributed by atoms with E-state index in [-0.39, 0.29) is 30.1 Å². The lowest BCUT2D eigenvalue weighted by atomic mass is 10.2. The molecule has 0 amide bonds. The maximum Gasteiger partial charge on any atom is 0.191 e. The van der Waals surface area contributed by atoms with Crippen LogP contribution in [0.4, 0.5) is 0 Å². The van der Waals surface area contributed by atoms with Crippen molar-refractivity contribution in [3.8, 4) is 5.75 Å². The maximum atomic E-state index is 5.93. The van der Waals surface area contributed by atoms with E-state index >= 15 is 0 Å². The Hall–Kier alpha value is -1.35. The number of aliphatic imine (C=N–C) groups is 1. The quantitative estimate of drug-likeness (QED) is 0.346. The summed E-state index contributed by atoms with van der Waals surface area (Å²) >= 11 is 1.68. The van der Waals surface area contributed by atoms with Crippen LogP contribution in [-0.4, -0.2) is 30.6 Å². The second kappa shape index (κ2) is 11.4. The van der Waals surface area contributed by atoms with Crippen LogP contribution >= 0.6 is 35.3 Å². The molecule has 2 rings (SSSR count). The lowest BCUT2D eigenvalue weighted by Gasteiger charge is -2.17. The van der Waals surface area contributed by atoms with Crippen molar-refractivity contribution in [1.29, 1.82) is 0 Å². The SMILES string of the molecule is CN=C(NCc1nc(C(C)C)cs1)NCC(C)Oc1cccc(C)c1.I. The van der Waals surface area contributed by atoms with Crippen molar-refractivity contribution in [2.45, 2.75) is 46.3 Å². The van der Waals surface area contributed by atoms with Crippen molar-refractivity contribution in [1.82, 2.24) is 15.6 Å². The largest absolute Gasteiger partial charge is 0.489 e. The molecule has 0 aliphatic heterocycles. The zero-order valence-electron chi connectivity index (χ0n) is 16.1. The number of halogens is 1. The fourth-order valence-electron chi connectivity index (χ4n) is 2.25. The van der Waals surface area contributed by atoms with Gasteiger partial charge >= 0.3 is 0 Å². The van der Waals surface area contributed by atoms with Crippen LogP contribution in [0.2, 0.25) is 0 Å². The number of hydrogen-bond donors (Lipinski definition) is 2. The summed E-state index contributed by atoms with van der Waals surface area (Å²) in [6.07, 6.45) is 0.0350. The van der Waals surface area contributed by atoms with E-state index in [2.05, 4.69) is 52.8 Å². The number of aryl methyl sites for hydroxylation is 1. The molecular weight excluding hydrogens is 459 g/mol. The van der Waals surface area contributed by atoms with Crippen molar-refractivity contribution >= 4 is 41.3 Å². The lowest BCUT2D eigenvalue weighted by Crippen LogP contribution is -2.41. The van der Waals surface area contributed by atoms with Crippen LogP contribution in [0.15, 0.2) is 34.6 Å². The van der Waals surface area contributed by atoms with Crippen LogP contribution in [0.5, 0.6) is 5.75 Å². The van der Waals surface area contributed by atoms with Crippen molar-refractivity contribution in [3.05, 3.63) is 45.9 Å². The van der Waals surface area contributed by atoms with E-state index in [0.717, 1.165) is 22.4 Å². The fourth-order valence-corrected chi connectivity index (χ4v) is 3.15. The van der Waals surface area contributed by atoms with Gasteiger partial charge in [0.1, 0.15) is 16.9 Å². The summed E-state index contributed by atoms with van der Waals surface area (Å²) in [5.41, 5.74) is 2.34. The third-order valence-electron chi connectivity index (χ3n) is 3.68. The molecule has 0 aliphatic rings. The summed E-state index contributed by atoms with van der Waals surface area (Å²) in [4.78, 5) is 8.88. The van der Waals surface area contributed by atoms with Crippen LogP contribution < -0.4 is 15.4 Å². The van der Waals surface area contributed by atoms with Crippen LogP contribution in [0.1, 0.15) is 43.0 Å². The zero-order valence-corrected chi connectivity index (χ0v) is 19.2. The standard InChI is InChI=1S/C19H28N4OS.HI/c1-13(2)17-12-25-18(23-17)11-22-19(20-5)21-10-15(4)24-16-8-6-7-14(3)9-16;/h6-9,12-13,15H,10-11H2,1-5H3,(H2,20,21,22);1H. The smallest absolute Gasteiger partial charge is 0.191 e. The number of guanidine groups is 1. The van der Waals surface area contributed by atoms with E-state index in [9.17, 15) is 0 Å². The summed E-state index contributed by atoms with van der Waals surface area (Å²) in [5, 5.41) is 9.78. The van der Waals surface area contributed by atoms with Crippen LogP contribution in [0.3, 0.4) is 0 Å². The molecule has 144 valence electrons. The number of nitrogens with zero attached hydrogens (tertiary/aromatic N) is 2. The van der Waals surface area contributed by atoms with Gasteiger partial charge in [-0.15, -0.1) is 35.3 Å². The maximum absolute atomic E-state index is 5.93. The number of hydrogen-bond acceptors (Lipinski definition) is 4. The van der Waals surface area contributed by atoms with Gasteiger partial charge in [-0.1, -0.05) is 26.0 Å². The zero-order chi connectivity index (χ0) is 18.2. The molecule has 26 heavy (non-hydrogen) atoms. The number of nitrogens with one attached hydrogen (secondary N) is 2.